The van der Waals surface area contributed by atoms with Gasteiger partial charge in [0.15, 0.2) is 0 Å². The van der Waals surface area contributed by atoms with Crippen LogP contribution in [0.25, 0.3) is 11.1 Å². The van der Waals surface area contributed by atoms with Crippen LogP contribution in [0.15, 0.2) is 24.5 Å². The number of carbonyl (C=O) groups excluding carboxylic acids is 1. The number of nitrogens with zero attached hydrogens (tertiary/aromatic N) is 3. The van der Waals surface area contributed by atoms with Crippen LogP contribution in [0.1, 0.15) is 37.8 Å². The number of amides is 2. The molecule has 10 heteroatoms. The van der Waals surface area contributed by atoms with Gasteiger partial charge in [-0.3, -0.25) is 14.4 Å². The second kappa shape index (κ2) is 6.71. The van der Waals surface area contributed by atoms with E-state index in [0.29, 0.717) is 35.6 Å². The van der Waals surface area contributed by atoms with Crippen LogP contribution in [0, 0.1) is 0 Å². The van der Waals surface area contributed by atoms with Crippen LogP contribution in [0.5, 0.6) is 5.75 Å². The Morgan fingerprint density at radius 2 is 2.03 bits per heavy atom. The van der Waals surface area contributed by atoms with Gasteiger partial charge in [-0.15, -0.1) is 0 Å². The lowest BCUT2D eigenvalue weighted by molar-refractivity contribution is -0.189. The first kappa shape index (κ1) is 19.2. The van der Waals surface area contributed by atoms with E-state index in [0.717, 1.165) is 17.7 Å². The van der Waals surface area contributed by atoms with E-state index in [1.165, 1.54) is 12.3 Å². The molecule has 29 heavy (non-hydrogen) atoms. The highest BCUT2D eigenvalue weighted by Crippen LogP contribution is 2.45. The number of carbonyl (C=O) groups is 2. The minimum Gasteiger partial charge on any atom is -0.465 e. The second-order valence-electron chi connectivity index (χ2n) is 7.40. The molecule has 1 saturated carbocycles. The molecule has 1 aliphatic heterocycles. The second-order valence-corrected chi connectivity index (χ2v) is 7.40. The number of alkyl halides is 2. The van der Waals surface area contributed by atoms with Gasteiger partial charge in [-0.05, 0) is 44.7 Å². The number of carboxylic acid groups (broad SMARTS) is 1. The standard InChI is InChI=1S/C19H20F2N4O4/c1-10-2-5-14-15(25(10)18(27)28)7-6-13(16(14)29-19(20,21)17(22)26)11-8-23-24(9-11)12-3-4-12/h6-10,12H,2-5H2,1H3,(H2,22,26)(H,27,28)/t10-/m0/s1. The first-order valence-corrected chi connectivity index (χ1v) is 9.28. The predicted octanol–water partition coefficient (Wildman–Crippen LogP) is 3.16. The first-order chi connectivity index (χ1) is 13.7. The molecule has 2 amide bonds. The van der Waals surface area contributed by atoms with E-state index in [4.69, 9.17) is 10.5 Å². The van der Waals surface area contributed by atoms with E-state index in [1.807, 2.05) is 0 Å². The van der Waals surface area contributed by atoms with Crippen molar-refractivity contribution in [3.63, 3.8) is 0 Å². The topological polar surface area (TPSA) is 111 Å². The molecule has 0 radical (unpaired) electrons. The molecule has 4 rings (SSSR count). The van der Waals surface area contributed by atoms with Crippen LogP contribution in [-0.4, -0.2) is 39.0 Å². The molecule has 1 fully saturated rings. The van der Waals surface area contributed by atoms with Crippen molar-refractivity contribution in [1.29, 1.82) is 0 Å². The zero-order valence-electron chi connectivity index (χ0n) is 15.6. The quantitative estimate of drug-likeness (QED) is 0.792. The molecule has 8 nitrogen and oxygen atoms in total. The highest BCUT2D eigenvalue weighted by Gasteiger charge is 2.42. The molecular formula is C19H20F2N4O4. The highest BCUT2D eigenvalue weighted by atomic mass is 19.3. The third kappa shape index (κ3) is 3.39. The molecule has 0 saturated heterocycles. The lowest BCUT2D eigenvalue weighted by atomic mass is 9.92. The minimum absolute atomic E-state index is 0.250. The van der Waals surface area contributed by atoms with Gasteiger partial charge in [0.05, 0.1) is 17.9 Å². The summed E-state index contributed by atoms with van der Waals surface area (Å²) in [6.07, 6.45) is 0.565. The third-order valence-corrected chi connectivity index (χ3v) is 5.30. The Hall–Kier alpha value is -3.17. The zero-order valence-corrected chi connectivity index (χ0v) is 15.6. The van der Waals surface area contributed by atoms with Crippen LogP contribution in [-0.2, 0) is 11.2 Å². The Bertz CT molecular complexity index is 987. The Morgan fingerprint density at radius 3 is 2.66 bits per heavy atom. The molecule has 2 aromatic rings. The number of rotatable bonds is 5. The number of aromatic nitrogens is 2. The van der Waals surface area contributed by atoms with Gasteiger partial charge in [-0.25, -0.2) is 4.79 Å². The summed E-state index contributed by atoms with van der Waals surface area (Å²) in [5.41, 5.74) is 6.19. The predicted molar refractivity (Wildman–Crippen MR) is 99.0 cm³/mol. The number of fused-ring (bicyclic) bond motifs is 1. The summed E-state index contributed by atoms with van der Waals surface area (Å²) < 4.78 is 34.8. The Kier molecular flexibility index (Phi) is 4.44. The largest absolute Gasteiger partial charge is 0.482 e. The van der Waals surface area contributed by atoms with Gasteiger partial charge in [0, 0.05) is 28.9 Å². The smallest absolute Gasteiger partial charge is 0.465 e. The SMILES string of the molecule is C[C@H]1CCc2c(ccc(-c3cnn(C4CC4)c3)c2OC(F)(F)C(N)=O)N1C(=O)O. The molecule has 0 bridgehead atoms. The maximum absolute atomic E-state index is 14.1. The number of ether oxygens (including phenoxy) is 1. The van der Waals surface area contributed by atoms with E-state index in [9.17, 15) is 23.5 Å². The third-order valence-electron chi connectivity index (χ3n) is 5.30. The first-order valence-electron chi connectivity index (χ1n) is 9.28. The zero-order chi connectivity index (χ0) is 20.9. The Morgan fingerprint density at radius 1 is 1.31 bits per heavy atom. The maximum Gasteiger partial charge on any atom is 0.482 e. The van der Waals surface area contributed by atoms with Crippen LogP contribution >= 0.6 is 0 Å². The fraction of sp³-hybridized carbons (Fsp3) is 0.421. The van der Waals surface area contributed by atoms with Crippen LogP contribution in [0.3, 0.4) is 0 Å². The van der Waals surface area contributed by atoms with E-state index < -0.39 is 18.1 Å². The molecule has 0 spiro atoms. The van der Waals surface area contributed by atoms with E-state index in [-0.39, 0.29) is 17.5 Å². The van der Waals surface area contributed by atoms with Crippen molar-refractivity contribution in [2.24, 2.45) is 5.73 Å². The molecular weight excluding hydrogens is 386 g/mol. The lowest BCUT2D eigenvalue weighted by Crippen LogP contribution is -2.43. The summed E-state index contributed by atoms with van der Waals surface area (Å²) in [6, 6.07) is 3.04. The van der Waals surface area contributed by atoms with Crippen LogP contribution in [0.4, 0.5) is 19.3 Å². The molecule has 0 unspecified atom stereocenters. The molecule has 2 aliphatic rings. The van der Waals surface area contributed by atoms with Crippen LogP contribution < -0.4 is 15.4 Å². The summed E-state index contributed by atoms with van der Waals surface area (Å²) in [6.45, 7) is 1.74. The Labute approximate surface area is 164 Å². The average Bonchev–Trinajstić information content (AvgIpc) is 3.38. The average molecular weight is 406 g/mol. The minimum atomic E-state index is -4.24. The number of benzene rings is 1. The van der Waals surface area contributed by atoms with Gasteiger partial charge in [0.1, 0.15) is 5.75 Å². The number of halogens is 2. The normalized spacial score (nSPS) is 19.0. The highest BCUT2D eigenvalue weighted by molar-refractivity contribution is 5.91. The lowest BCUT2D eigenvalue weighted by Gasteiger charge is -2.34. The molecule has 154 valence electrons. The fourth-order valence-corrected chi connectivity index (χ4v) is 3.63. The van der Waals surface area contributed by atoms with Gasteiger partial charge >= 0.3 is 18.1 Å². The summed E-state index contributed by atoms with van der Waals surface area (Å²) in [5, 5.41) is 13.8. The summed E-state index contributed by atoms with van der Waals surface area (Å²) in [4.78, 5) is 24.0. The van der Waals surface area contributed by atoms with E-state index in [2.05, 4.69) is 5.10 Å². The van der Waals surface area contributed by atoms with Crippen molar-refractivity contribution >= 4 is 17.7 Å². The van der Waals surface area contributed by atoms with Gasteiger partial charge in [0.25, 0.3) is 0 Å². The molecule has 1 aromatic heterocycles. The van der Waals surface area contributed by atoms with Gasteiger partial charge < -0.3 is 15.6 Å². The van der Waals surface area contributed by atoms with Crippen molar-refractivity contribution in [1.82, 2.24) is 9.78 Å². The molecule has 3 N–H and O–H groups in total. The number of hydrogen-bond donors (Lipinski definition) is 2. The molecule has 2 heterocycles. The van der Waals surface area contributed by atoms with Gasteiger partial charge in [-0.1, -0.05) is 0 Å². The van der Waals surface area contributed by atoms with Gasteiger partial charge in [-0.2, -0.15) is 13.9 Å². The van der Waals surface area contributed by atoms with Crippen molar-refractivity contribution < 1.29 is 28.2 Å². The molecule has 1 aromatic carbocycles. The summed E-state index contributed by atoms with van der Waals surface area (Å²) in [7, 11) is 0. The summed E-state index contributed by atoms with van der Waals surface area (Å²) >= 11 is 0. The maximum atomic E-state index is 14.1. The van der Waals surface area contributed by atoms with Gasteiger partial charge in [0.2, 0.25) is 0 Å². The van der Waals surface area contributed by atoms with Crippen molar-refractivity contribution in [2.45, 2.75) is 50.8 Å². The number of nitrogens with two attached hydrogens (primary N) is 1. The van der Waals surface area contributed by atoms with Crippen molar-refractivity contribution in [3.05, 3.63) is 30.1 Å². The Balaban J connectivity index is 1.86. The summed E-state index contributed by atoms with van der Waals surface area (Å²) in [5.74, 6) is -2.17. The number of anilines is 1. The van der Waals surface area contributed by atoms with E-state index >= 15 is 0 Å². The number of primary amides is 1. The van der Waals surface area contributed by atoms with Crippen LogP contribution in [0.2, 0.25) is 0 Å². The fourth-order valence-electron chi connectivity index (χ4n) is 3.63. The number of hydrogen-bond acceptors (Lipinski definition) is 4. The monoisotopic (exact) mass is 406 g/mol. The molecule has 1 aliphatic carbocycles. The van der Waals surface area contributed by atoms with E-state index in [1.54, 1.807) is 23.9 Å². The van der Waals surface area contributed by atoms with Crippen molar-refractivity contribution in [3.8, 4) is 16.9 Å². The molecule has 1 atom stereocenters. The van der Waals surface area contributed by atoms with Crippen molar-refractivity contribution in [2.75, 3.05) is 4.90 Å².